The highest BCUT2D eigenvalue weighted by molar-refractivity contribution is 5.85. The number of nitrogens with one attached hydrogen (secondary N) is 1. The number of nitrogens with zero attached hydrogens (tertiary/aromatic N) is 1. The number of hydrogen-bond acceptors (Lipinski definition) is 2. The van der Waals surface area contributed by atoms with Crippen molar-refractivity contribution in [2.24, 2.45) is 0 Å². The first-order valence-electron chi connectivity index (χ1n) is 4.72. The topological polar surface area (TPSA) is 32.3 Å². The fraction of sp³-hybridized carbons (Fsp3) is 0.889. The van der Waals surface area contributed by atoms with Crippen LogP contribution in [0.4, 0.5) is 0 Å². The van der Waals surface area contributed by atoms with Gasteiger partial charge >= 0.3 is 0 Å². The number of amides is 1. The Morgan fingerprint density at radius 1 is 1.21 bits per heavy atom. The van der Waals surface area contributed by atoms with E-state index >= 15 is 0 Å². The van der Waals surface area contributed by atoms with Gasteiger partial charge < -0.3 is 10.2 Å². The Morgan fingerprint density at radius 3 is 2.21 bits per heavy atom. The van der Waals surface area contributed by atoms with Crippen LogP contribution in [-0.2, 0) is 4.79 Å². The molecule has 2 aliphatic rings. The fourth-order valence-electron chi connectivity index (χ4n) is 2.42. The van der Waals surface area contributed by atoms with E-state index in [4.69, 9.17) is 0 Å². The van der Waals surface area contributed by atoms with Gasteiger partial charge in [-0.05, 0) is 32.4 Å². The second-order valence-corrected chi connectivity index (χ2v) is 3.93. The fourth-order valence-corrected chi connectivity index (χ4v) is 2.42. The van der Waals surface area contributed by atoms with Crippen LogP contribution in [0.1, 0.15) is 25.7 Å². The summed E-state index contributed by atoms with van der Waals surface area (Å²) in [5.41, 5.74) is 0.225. The van der Waals surface area contributed by atoms with Gasteiger partial charge in [0.2, 0.25) is 5.91 Å². The summed E-state index contributed by atoms with van der Waals surface area (Å²) in [6.07, 6.45) is 4.10. The molecule has 2 fully saturated rings. The zero-order valence-electron chi connectivity index (χ0n) is 8.41. The van der Waals surface area contributed by atoms with E-state index in [1.807, 2.05) is 11.9 Å². The van der Waals surface area contributed by atoms with Crippen molar-refractivity contribution >= 4 is 30.7 Å². The highest BCUT2D eigenvalue weighted by atomic mass is 35.5. The van der Waals surface area contributed by atoms with Crippen molar-refractivity contribution < 1.29 is 4.79 Å². The van der Waals surface area contributed by atoms with Crippen LogP contribution in [0.15, 0.2) is 0 Å². The molecule has 0 saturated carbocycles. The molecule has 0 bridgehead atoms. The molecule has 14 heavy (non-hydrogen) atoms. The first-order valence-corrected chi connectivity index (χ1v) is 4.72. The Balaban J connectivity index is 0.000000845. The minimum absolute atomic E-state index is 0. The van der Waals surface area contributed by atoms with Crippen molar-refractivity contribution in [3.63, 3.8) is 0 Å². The molecule has 0 aromatic carbocycles. The lowest BCUT2D eigenvalue weighted by Crippen LogP contribution is -2.50. The van der Waals surface area contributed by atoms with Crippen molar-refractivity contribution in [2.45, 2.75) is 31.2 Å². The zero-order valence-corrected chi connectivity index (χ0v) is 10.0. The molecule has 1 N–H and O–H groups in total. The van der Waals surface area contributed by atoms with Gasteiger partial charge in [0.25, 0.3) is 0 Å². The Bertz CT molecular complexity index is 205. The second kappa shape index (κ2) is 5.19. The highest BCUT2D eigenvalue weighted by Gasteiger charge is 2.43. The van der Waals surface area contributed by atoms with Gasteiger partial charge in [-0.1, -0.05) is 0 Å². The van der Waals surface area contributed by atoms with Gasteiger partial charge in [-0.2, -0.15) is 0 Å². The first kappa shape index (κ1) is 14.0. The van der Waals surface area contributed by atoms with Crippen molar-refractivity contribution in [1.29, 1.82) is 0 Å². The maximum Gasteiger partial charge on any atom is 0.222 e. The summed E-state index contributed by atoms with van der Waals surface area (Å²) in [6.45, 7) is 2.13. The highest BCUT2D eigenvalue weighted by Crippen LogP contribution is 2.35. The van der Waals surface area contributed by atoms with Gasteiger partial charge in [0.05, 0.1) is 0 Å². The lowest BCUT2D eigenvalue weighted by molar-refractivity contribution is -0.130. The molecular weight excluding hydrogens is 223 g/mol. The number of carbonyl (C=O) groups is 1. The maximum atomic E-state index is 11.4. The summed E-state index contributed by atoms with van der Waals surface area (Å²) in [5.74, 6) is 0.330. The molecule has 2 aliphatic heterocycles. The molecule has 2 heterocycles. The van der Waals surface area contributed by atoms with Crippen LogP contribution in [0.5, 0.6) is 0 Å². The predicted octanol–water partition coefficient (Wildman–Crippen LogP) is 1.20. The second-order valence-electron chi connectivity index (χ2n) is 3.93. The Morgan fingerprint density at radius 2 is 1.79 bits per heavy atom. The summed E-state index contributed by atoms with van der Waals surface area (Å²) in [6, 6.07) is 0. The molecule has 2 saturated heterocycles. The quantitative estimate of drug-likeness (QED) is 0.691. The van der Waals surface area contributed by atoms with E-state index in [2.05, 4.69) is 5.32 Å². The standard InChI is InChI=1S/C9H16N2O.2ClH/c1-11-8(12)2-3-9(11)4-6-10-7-5-9;;/h10H,2-7H2,1H3;2*1H. The summed E-state index contributed by atoms with van der Waals surface area (Å²) in [5, 5.41) is 3.33. The van der Waals surface area contributed by atoms with Crippen LogP contribution in [0, 0.1) is 0 Å². The molecule has 0 aromatic heterocycles. The normalized spacial score (nSPS) is 24.4. The third-order valence-electron chi connectivity index (χ3n) is 3.42. The van der Waals surface area contributed by atoms with E-state index in [1.165, 1.54) is 0 Å². The lowest BCUT2D eigenvalue weighted by Gasteiger charge is -2.39. The van der Waals surface area contributed by atoms with Gasteiger partial charge in [0, 0.05) is 19.0 Å². The molecular formula is C9H18Cl2N2O. The van der Waals surface area contributed by atoms with Crippen LogP contribution in [0.3, 0.4) is 0 Å². The van der Waals surface area contributed by atoms with Crippen LogP contribution in [-0.4, -0.2) is 36.5 Å². The van der Waals surface area contributed by atoms with E-state index < -0.39 is 0 Å². The number of rotatable bonds is 0. The molecule has 1 spiro atoms. The number of piperidine rings is 1. The van der Waals surface area contributed by atoms with Crippen molar-refractivity contribution in [3.8, 4) is 0 Å². The van der Waals surface area contributed by atoms with Crippen molar-refractivity contribution in [1.82, 2.24) is 10.2 Å². The van der Waals surface area contributed by atoms with Crippen LogP contribution in [0.2, 0.25) is 0 Å². The number of hydrogen-bond donors (Lipinski definition) is 1. The molecule has 3 nitrogen and oxygen atoms in total. The van der Waals surface area contributed by atoms with E-state index in [9.17, 15) is 4.79 Å². The van der Waals surface area contributed by atoms with E-state index in [0.717, 1.165) is 38.8 Å². The molecule has 84 valence electrons. The summed E-state index contributed by atoms with van der Waals surface area (Å²) >= 11 is 0. The number of carbonyl (C=O) groups excluding carboxylic acids is 1. The monoisotopic (exact) mass is 240 g/mol. The summed E-state index contributed by atoms with van der Waals surface area (Å²) < 4.78 is 0. The zero-order chi connectivity index (χ0) is 8.60. The third-order valence-corrected chi connectivity index (χ3v) is 3.42. The minimum Gasteiger partial charge on any atom is -0.340 e. The average molecular weight is 241 g/mol. The van der Waals surface area contributed by atoms with Gasteiger partial charge in [-0.3, -0.25) is 4.79 Å². The number of likely N-dealkylation sites (tertiary alicyclic amines) is 1. The molecule has 0 radical (unpaired) electrons. The van der Waals surface area contributed by atoms with Gasteiger partial charge in [0.15, 0.2) is 0 Å². The average Bonchev–Trinajstić information content (AvgIpc) is 2.37. The Labute approximate surface area is 97.4 Å². The lowest BCUT2D eigenvalue weighted by atomic mass is 9.86. The number of halogens is 2. The van der Waals surface area contributed by atoms with Crippen molar-refractivity contribution in [2.75, 3.05) is 20.1 Å². The van der Waals surface area contributed by atoms with Crippen LogP contribution >= 0.6 is 24.8 Å². The molecule has 0 unspecified atom stereocenters. The molecule has 2 rings (SSSR count). The summed E-state index contributed by atoms with van der Waals surface area (Å²) in [7, 11) is 1.96. The van der Waals surface area contributed by atoms with Crippen molar-refractivity contribution in [3.05, 3.63) is 0 Å². The molecule has 0 aliphatic carbocycles. The first-order chi connectivity index (χ1) is 5.75. The molecule has 0 aromatic rings. The Hall–Kier alpha value is 0.01000. The van der Waals surface area contributed by atoms with Gasteiger partial charge in [-0.15, -0.1) is 24.8 Å². The smallest absolute Gasteiger partial charge is 0.222 e. The van der Waals surface area contributed by atoms with Gasteiger partial charge in [0.1, 0.15) is 0 Å². The van der Waals surface area contributed by atoms with Crippen LogP contribution < -0.4 is 5.32 Å². The predicted molar refractivity (Wildman–Crippen MR) is 61.3 cm³/mol. The van der Waals surface area contributed by atoms with E-state index in [-0.39, 0.29) is 30.4 Å². The molecule has 5 heteroatoms. The largest absolute Gasteiger partial charge is 0.340 e. The van der Waals surface area contributed by atoms with Gasteiger partial charge in [-0.25, -0.2) is 0 Å². The third kappa shape index (κ3) is 2.15. The van der Waals surface area contributed by atoms with E-state index in [0.29, 0.717) is 5.91 Å². The molecule has 1 amide bonds. The van der Waals surface area contributed by atoms with Crippen LogP contribution in [0.25, 0.3) is 0 Å². The Kier molecular flexibility index (Phi) is 5.20. The summed E-state index contributed by atoms with van der Waals surface area (Å²) in [4.78, 5) is 13.3. The minimum atomic E-state index is 0. The maximum absolute atomic E-state index is 11.4. The van der Waals surface area contributed by atoms with E-state index in [1.54, 1.807) is 0 Å². The SMILES string of the molecule is CN1C(=O)CCC12CCNCC2.Cl.Cl. The molecule has 0 atom stereocenters.